The van der Waals surface area contributed by atoms with Gasteiger partial charge in [0.25, 0.3) is 0 Å². The largest absolute Gasteiger partial charge is 0.294 e. The molecule has 0 N–H and O–H groups in total. The van der Waals surface area contributed by atoms with Crippen LogP contribution in [0, 0.1) is 0 Å². The summed E-state index contributed by atoms with van der Waals surface area (Å²) in [7, 11) is 0. The zero-order chi connectivity index (χ0) is 17.2. The minimum absolute atomic E-state index is 0.575. The molecule has 0 aliphatic carbocycles. The maximum absolute atomic E-state index is 6.05. The highest BCUT2D eigenvalue weighted by Gasteiger charge is 2.08. The molecule has 4 heteroatoms. The maximum atomic E-state index is 6.05. The van der Waals surface area contributed by atoms with Crippen LogP contribution in [0.2, 0.25) is 0 Å². The first kappa shape index (κ1) is 17.3. The van der Waals surface area contributed by atoms with Crippen LogP contribution < -0.4 is 0 Å². The van der Waals surface area contributed by atoms with Crippen molar-refractivity contribution in [2.75, 3.05) is 13.1 Å². The molecule has 0 radical (unpaired) electrons. The van der Waals surface area contributed by atoms with Gasteiger partial charge in [0.15, 0.2) is 0 Å². The third-order valence-electron chi connectivity index (χ3n) is 3.94. The fourth-order valence-corrected chi connectivity index (χ4v) is 2.55. The molecule has 0 saturated carbocycles. The molecule has 3 rings (SSSR count). The van der Waals surface area contributed by atoms with Gasteiger partial charge in [-0.2, -0.15) is 5.06 Å². The van der Waals surface area contributed by atoms with Gasteiger partial charge in [-0.15, -0.1) is 0 Å². The maximum Gasteiger partial charge on any atom is 0.0935 e. The second-order valence-electron chi connectivity index (χ2n) is 5.83. The van der Waals surface area contributed by atoms with Crippen molar-refractivity contribution in [1.29, 1.82) is 0 Å². The van der Waals surface area contributed by atoms with Crippen molar-refractivity contribution in [3.63, 3.8) is 0 Å². The quantitative estimate of drug-likeness (QED) is 0.560. The van der Waals surface area contributed by atoms with E-state index < -0.39 is 0 Å². The molecule has 1 aromatic carbocycles. The van der Waals surface area contributed by atoms with E-state index in [1.165, 1.54) is 5.56 Å². The molecule has 0 fully saturated rings. The van der Waals surface area contributed by atoms with E-state index >= 15 is 0 Å². The Kier molecular flexibility index (Phi) is 6.68. The van der Waals surface area contributed by atoms with E-state index in [-0.39, 0.29) is 0 Å². The van der Waals surface area contributed by atoms with Crippen LogP contribution in [0.25, 0.3) is 0 Å². The number of nitrogens with zero attached hydrogens (tertiary/aromatic N) is 3. The van der Waals surface area contributed by atoms with Crippen LogP contribution in [0.4, 0.5) is 0 Å². The SMILES string of the molecule is c1ccc(CON(CCc2ccccn2)CCc2ccccn2)cc1. The van der Waals surface area contributed by atoms with E-state index in [0.29, 0.717) is 6.61 Å². The molecule has 0 aliphatic heterocycles. The average molecular weight is 333 g/mol. The van der Waals surface area contributed by atoms with Crippen molar-refractivity contribution in [1.82, 2.24) is 15.0 Å². The summed E-state index contributed by atoms with van der Waals surface area (Å²) >= 11 is 0. The first-order chi connectivity index (χ1) is 12.4. The summed E-state index contributed by atoms with van der Waals surface area (Å²) in [6.07, 6.45) is 5.38. The fourth-order valence-electron chi connectivity index (χ4n) is 2.55. The third kappa shape index (κ3) is 6.10. The monoisotopic (exact) mass is 333 g/mol. The Morgan fingerprint density at radius 2 is 1.24 bits per heavy atom. The Balaban J connectivity index is 1.56. The Bertz CT molecular complexity index is 616. The standard InChI is InChI=1S/C21H23N3O/c1-2-8-19(9-3-1)18-25-24(16-12-20-10-4-6-14-22-20)17-13-21-11-5-7-15-23-21/h1-11,14-15H,12-13,16-18H2. The van der Waals surface area contributed by atoms with E-state index in [9.17, 15) is 0 Å². The van der Waals surface area contributed by atoms with Crippen LogP contribution in [0.5, 0.6) is 0 Å². The third-order valence-corrected chi connectivity index (χ3v) is 3.94. The lowest BCUT2D eigenvalue weighted by Gasteiger charge is -2.21. The molecule has 2 aromatic heterocycles. The lowest BCUT2D eigenvalue weighted by atomic mass is 10.2. The Hall–Kier alpha value is -2.56. The molecule has 25 heavy (non-hydrogen) atoms. The van der Waals surface area contributed by atoms with E-state index in [4.69, 9.17) is 4.84 Å². The first-order valence-corrected chi connectivity index (χ1v) is 8.62. The number of hydroxylamine groups is 2. The van der Waals surface area contributed by atoms with Crippen LogP contribution in [0.15, 0.2) is 79.1 Å². The molecule has 0 spiro atoms. The summed E-state index contributed by atoms with van der Waals surface area (Å²) in [5, 5.41) is 2.02. The van der Waals surface area contributed by atoms with E-state index in [2.05, 4.69) is 22.1 Å². The highest BCUT2D eigenvalue weighted by atomic mass is 16.7. The number of benzene rings is 1. The smallest absolute Gasteiger partial charge is 0.0935 e. The molecule has 0 atom stereocenters. The van der Waals surface area contributed by atoms with Gasteiger partial charge in [0, 0.05) is 49.7 Å². The van der Waals surface area contributed by atoms with Gasteiger partial charge in [-0.1, -0.05) is 42.5 Å². The summed E-state index contributed by atoms with van der Waals surface area (Å²) in [5.41, 5.74) is 3.32. The minimum atomic E-state index is 0.575. The van der Waals surface area contributed by atoms with Gasteiger partial charge in [-0.3, -0.25) is 14.8 Å². The number of hydrogen-bond acceptors (Lipinski definition) is 4. The number of pyridine rings is 2. The fraction of sp³-hybridized carbons (Fsp3) is 0.238. The van der Waals surface area contributed by atoms with Crippen molar-refractivity contribution < 1.29 is 4.84 Å². The van der Waals surface area contributed by atoms with E-state index in [0.717, 1.165) is 37.3 Å². The molecule has 0 amide bonds. The summed E-state index contributed by atoms with van der Waals surface area (Å²) < 4.78 is 0. The number of hydrogen-bond donors (Lipinski definition) is 0. The first-order valence-electron chi connectivity index (χ1n) is 8.62. The molecule has 0 bridgehead atoms. The van der Waals surface area contributed by atoms with Gasteiger partial charge < -0.3 is 0 Å². The summed E-state index contributed by atoms with van der Waals surface area (Å²) in [4.78, 5) is 14.8. The predicted molar refractivity (Wildman–Crippen MR) is 98.7 cm³/mol. The molecule has 4 nitrogen and oxygen atoms in total. The molecule has 0 unspecified atom stereocenters. The van der Waals surface area contributed by atoms with Crippen LogP contribution in [0.1, 0.15) is 17.0 Å². The van der Waals surface area contributed by atoms with Crippen LogP contribution in [-0.4, -0.2) is 28.1 Å². The highest BCUT2D eigenvalue weighted by molar-refractivity contribution is 5.13. The van der Waals surface area contributed by atoms with E-state index in [1.54, 1.807) is 0 Å². The van der Waals surface area contributed by atoms with Gasteiger partial charge in [0.1, 0.15) is 0 Å². The lowest BCUT2D eigenvalue weighted by molar-refractivity contribution is -0.168. The molecule has 2 heterocycles. The topological polar surface area (TPSA) is 38.2 Å². The molecule has 0 aliphatic rings. The summed E-state index contributed by atoms with van der Waals surface area (Å²) in [6.45, 7) is 2.18. The van der Waals surface area contributed by atoms with Crippen molar-refractivity contribution in [2.45, 2.75) is 19.4 Å². The molecular formula is C21H23N3O. The number of aromatic nitrogens is 2. The summed E-state index contributed by atoms with van der Waals surface area (Å²) in [5.74, 6) is 0. The summed E-state index contributed by atoms with van der Waals surface area (Å²) in [6, 6.07) is 22.3. The van der Waals surface area contributed by atoms with Crippen LogP contribution >= 0.6 is 0 Å². The van der Waals surface area contributed by atoms with Crippen molar-refractivity contribution in [3.05, 3.63) is 96.1 Å². The lowest BCUT2D eigenvalue weighted by Crippen LogP contribution is -2.29. The minimum Gasteiger partial charge on any atom is -0.294 e. The highest BCUT2D eigenvalue weighted by Crippen LogP contribution is 2.06. The van der Waals surface area contributed by atoms with Gasteiger partial charge in [0.2, 0.25) is 0 Å². The normalized spacial score (nSPS) is 10.9. The second-order valence-corrected chi connectivity index (χ2v) is 5.83. The van der Waals surface area contributed by atoms with Gasteiger partial charge >= 0.3 is 0 Å². The van der Waals surface area contributed by atoms with Crippen LogP contribution in [0.3, 0.4) is 0 Å². The van der Waals surface area contributed by atoms with Crippen LogP contribution in [-0.2, 0) is 24.3 Å². The Morgan fingerprint density at radius 3 is 1.76 bits per heavy atom. The zero-order valence-corrected chi connectivity index (χ0v) is 14.3. The Labute approximate surface area is 149 Å². The van der Waals surface area contributed by atoms with Gasteiger partial charge in [0.05, 0.1) is 6.61 Å². The molecule has 128 valence electrons. The molecule has 3 aromatic rings. The van der Waals surface area contributed by atoms with Gasteiger partial charge in [-0.25, -0.2) is 0 Å². The molecule has 0 saturated heterocycles. The average Bonchev–Trinajstić information content (AvgIpc) is 2.70. The van der Waals surface area contributed by atoms with E-state index in [1.807, 2.05) is 72.1 Å². The van der Waals surface area contributed by atoms with Crippen molar-refractivity contribution in [2.24, 2.45) is 0 Å². The van der Waals surface area contributed by atoms with Crippen molar-refractivity contribution in [3.8, 4) is 0 Å². The predicted octanol–water partition coefficient (Wildman–Crippen LogP) is 3.70. The number of rotatable bonds is 9. The zero-order valence-electron chi connectivity index (χ0n) is 14.3. The van der Waals surface area contributed by atoms with Crippen molar-refractivity contribution >= 4 is 0 Å². The Morgan fingerprint density at radius 1 is 0.680 bits per heavy atom. The second kappa shape index (κ2) is 9.67. The van der Waals surface area contributed by atoms with Gasteiger partial charge in [-0.05, 0) is 29.8 Å². The molecular weight excluding hydrogens is 310 g/mol.